The number of dihydropyridines is 1. The average Bonchev–Trinajstić information content (AvgIpc) is 2.40. The molecule has 2 N–H and O–H groups in total. The molecule has 94 valence electrons. The summed E-state index contributed by atoms with van der Waals surface area (Å²) in [5.74, 6) is -0.135. The Morgan fingerprint density at radius 1 is 1.39 bits per heavy atom. The van der Waals surface area contributed by atoms with Crippen LogP contribution < -0.4 is 5.73 Å². The normalized spacial score (nSPS) is 19.1. The van der Waals surface area contributed by atoms with Gasteiger partial charge in [0.1, 0.15) is 0 Å². The Bertz CT molecular complexity index is 488. The summed E-state index contributed by atoms with van der Waals surface area (Å²) in [6, 6.07) is 10.1. The molecular weight excluding hydrogens is 224 g/mol. The Morgan fingerprint density at radius 3 is 2.72 bits per heavy atom. The molecule has 0 fully saturated rings. The molecule has 1 heterocycles. The van der Waals surface area contributed by atoms with Gasteiger partial charge in [-0.25, -0.2) is 0 Å². The fourth-order valence-electron chi connectivity index (χ4n) is 2.20. The van der Waals surface area contributed by atoms with Gasteiger partial charge < -0.3 is 5.73 Å². The molecule has 1 aliphatic heterocycles. The van der Waals surface area contributed by atoms with Gasteiger partial charge in [-0.15, -0.1) is 0 Å². The fourth-order valence-corrected chi connectivity index (χ4v) is 2.20. The van der Waals surface area contributed by atoms with E-state index in [-0.39, 0.29) is 11.8 Å². The van der Waals surface area contributed by atoms with Crippen LogP contribution >= 0.6 is 0 Å². The molecule has 1 atom stereocenters. The van der Waals surface area contributed by atoms with Crippen LogP contribution in [-0.2, 0) is 11.2 Å². The van der Waals surface area contributed by atoms with Gasteiger partial charge in [-0.1, -0.05) is 37.3 Å². The van der Waals surface area contributed by atoms with Gasteiger partial charge in [-0.2, -0.15) is 0 Å². The Morgan fingerprint density at radius 2 is 2.11 bits per heavy atom. The smallest absolute Gasteiger partial charge is 0.245 e. The van der Waals surface area contributed by atoms with Crippen molar-refractivity contribution in [2.24, 2.45) is 16.6 Å². The second kappa shape index (κ2) is 5.63. The molecule has 0 radical (unpaired) electrons. The molecule has 0 bridgehead atoms. The highest BCUT2D eigenvalue weighted by atomic mass is 16.1. The average molecular weight is 242 g/mol. The Labute approximate surface area is 107 Å². The molecule has 1 unspecified atom stereocenters. The van der Waals surface area contributed by atoms with E-state index in [1.165, 1.54) is 5.56 Å². The largest absolute Gasteiger partial charge is 0.366 e. The van der Waals surface area contributed by atoms with Crippen molar-refractivity contribution in [2.75, 3.05) is 6.54 Å². The number of rotatable bonds is 4. The number of nitrogens with zero attached hydrogens (tertiary/aromatic N) is 1. The summed E-state index contributed by atoms with van der Waals surface area (Å²) in [6.45, 7) is 2.73. The highest BCUT2D eigenvalue weighted by Crippen LogP contribution is 2.20. The van der Waals surface area contributed by atoms with Crippen LogP contribution in [-0.4, -0.2) is 18.2 Å². The van der Waals surface area contributed by atoms with E-state index in [0.29, 0.717) is 6.54 Å². The first-order chi connectivity index (χ1) is 8.70. The summed E-state index contributed by atoms with van der Waals surface area (Å²) in [5, 5.41) is 0. The summed E-state index contributed by atoms with van der Waals surface area (Å²) < 4.78 is 0. The second-order valence-corrected chi connectivity index (χ2v) is 4.56. The lowest BCUT2D eigenvalue weighted by atomic mass is 9.91. The molecule has 2 rings (SSSR count). The maximum absolute atomic E-state index is 11.4. The monoisotopic (exact) mass is 242 g/mol. The van der Waals surface area contributed by atoms with Gasteiger partial charge in [-0.05, 0) is 18.1 Å². The molecule has 0 aliphatic carbocycles. The molecule has 1 aromatic carbocycles. The third-order valence-electron chi connectivity index (χ3n) is 3.28. The van der Waals surface area contributed by atoms with Crippen molar-refractivity contribution in [3.05, 3.63) is 47.5 Å². The molecule has 0 aromatic heterocycles. The summed E-state index contributed by atoms with van der Waals surface area (Å²) in [7, 11) is 0. The number of primary amides is 1. The third kappa shape index (κ3) is 2.86. The zero-order valence-corrected chi connectivity index (χ0v) is 10.6. The Balaban J connectivity index is 2.16. The van der Waals surface area contributed by atoms with E-state index in [4.69, 9.17) is 5.73 Å². The fraction of sp³-hybridized carbons (Fsp3) is 0.333. The molecule has 3 heteroatoms. The van der Waals surface area contributed by atoms with Gasteiger partial charge in [0.2, 0.25) is 5.91 Å². The summed E-state index contributed by atoms with van der Waals surface area (Å²) >= 11 is 0. The minimum Gasteiger partial charge on any atom is -0.366 e. The molecule has 1 amide bonds. The van der Waals surface area contributed by atoms with Gasteiger partial charge in [0.15, 0.2) is 0 Å². The predicted octanol–water partition coefficient (Wildman–Crippen LogP) is 2.12. The van der Waals surface area contributed by atoms with Crippen molar-refractivity contribution in [1.29, 1.82) is 0 Å². The van der Waals surface area contributed by atoms with Crippen LogP contribution in [0.5, 0.6) is 0 Å². The number of carbonyl (C=O) groups excluding carboxylic acids is 1. The zero-order chi connectivity index (χ0) is 13.0. The SMILES string of the molecule is CCC1CN=C(Cc2ccccc2)C=C1C(N)=O. The van der Waals surface area contributed by atoms with Crippen LogP contribution in [0.25, 0.3) is 0 Å². The van der Waals surface area contributed by atoms with Gasteiger partial charge in [-0.3, -0.25) is 9.79 Å². The minimum absolute atomic E-state index is 0.182. The summed E-state index contributed by atoms with van der Waals surface area (Å²) in [5.41, 5.74) is 8.29. The second-order valence-electron chi connectivity index (χ2n) is 4.56. The third-order valence-corrected chi connectivity index (χ3v) is 3.28. The van der Waals surface area contributed by atoms with Crippen LogP contribution in [0, 0.1) is 5.92 Å². The quantitative estimate of drug-likeness (QED) is 0.864. The van der Waals surface area contributed by atoms with Crippen molar-refractivity contribution in [2.45, 2.75) is 19.8 Å². The number of nitrogens with two attached hydrogens (primary N) is 1. The topological polar surface area (TPSA) is 55.4 Å². The molecule has 0 spiro atoms. The van der Waals surface area contributed by atoms with Crippen molar-refractivity contribution < 1.29 is 4.79 Å². The molecule has 1 aromatic rings. The lowest BCUT2D eigenvalue weighted by Crippen LogP contribution is -2.26. The standard InChI is InChI=1S/C15H18N2O/c1-2-12-10-17-13(9-14(12)15(16)18)8-11-6-4-3-5-7-11/h3-7,9,12H,2,8,10H2,1H3,(H2,16,18). The lowest BCUT2D eigenvalue weighted by Gasteiger charge is -2.20. The molecule has 0 saturated heterocycles. The van der Waals surface area contributed by atoms with Gasteiger partial charge in [0, 0.05) is 30.2 Å². The zero-order valence-electron chi connectivity index (χ0n) is 10.6. The summed E-state index contributed by atoms with van der Waals surface area (Å²) in [4.78, 5) is 16.0. The number of allylic oxidation sites excluding steroid dienone is 1. The van der Waals surface area contributed by atoms with Crippen LogP contribution in [0.15, 0.2) is 47.0 Å². The highest BCUT2D eigenvalue weighted by molar-refractivity contribution is 6.05. The van der Waals surface area contributed by atoms with E-state index in [0.717, 1.165) is 24.1 Å². The van der Waals surface area contributed by atoms with Gasteiger partial charge >= 0.3 is 0 Å². The number of amides is 1. The van der Waals surface area contributed by atoms with E-state index in [1.54, 1.807) is 0 Å². The van der Waals surface area contributed by atoms with E-state index in [9.17, 15) is 4.79 Å². The van der Waals surface area contributed by atoms with Crippen LogP contribution in [0.2, 0.25) is 0 Å². The Kier molecular flexibility index (Phi) is 3.92. The van der Waals surface area contributed by atoms with Gasteiger partial charge in [0.25, 0.3) is 0 Å². The van der Waals surface area contributed by atoms with E-state index in [1.807, 2.05) is 24.3 Å². The van der Waals surface area contributed by atoms with Crippen LogP contribution in [0.3, 0.4) is 0 Å². The molecule has 18 heavy (non-hydrogen) atoms. The first-order valence-electron chi connectivity index (χ1n) is 6.29. The first-order valence-corrected chi connectivity index (χ1v) is 6.29. The van der Waals surface area contributed by atoms with E-state index >= 15 is 0 Å². The van der Waals surface area contributed by atoms with Crippen molar-refractivity contribution >= 4 is 11.6 Å². The van der Waals surface area contributed by atoms with Crippen LogP contribution in [0.4, 0.5) is 0 Å². The summed E-state index contributed by atoms with van der Waals surface area (Å²) in [6.07, 6.45) is 3.53. The van der Waals surface area contributed by atoms with Gasteiger partial charge in [0.05, 0.1) is 0 Å². The number of benzene rings is 1. The van der Waals surface area contributed by atoms with E-state index < -0.39 is 0 Å². The number of carbonyl (C=O) groups is 1. The van der Waals surface area contributed by atoms with Crippen molar-refractivity contribution in [3.63, 3.8) is 0 Å². The maximum atomic E-state index is 11.4. The first kappa shape index (κ1) is 12.6. The number of aliphatic imine (C=N–C) groups is 1. The van der Waals surface area contributed by atoms with E-state index in [2.05, 4.69) is 24.0 Å². The molecular formula is C15H18N2O. The minimum atomic E-state index is -0.317. The predicted molar refractivity (Wildman–Crippen MR) is 73.5 cm³/mol. The maximum Gasteiger partial charge on any atom is 0.245 e. The number of hydrogen-bond donors (Lipinski definition) is 1. The highest BCUT2D eigenvalue weighted by Gasteiger charge is 2.21. The Hall–Kier alpha value is -1.90. The number of hydrogen-bond acceptors (Lipinski definition) is 2. The van der Waals surface area contributed by atoms with Crippen molar-refractivity contribution in [3.8, 4) is 0 Å². The van der Waals surface area contributed by atoms with Crippen molar-refractivity contribution in [1.82, 2.24) is 0 Å². The molecule has 0 saturated carbocycles. The lowest BCUT2D eigenvalue weighted by molar-refractivity contribution is -0.115. The molecule has 1 aliphatic rings. The van der Waals surface area contributed by atoms with Crippen LogP contribution in [0.1, 0.15) is 18.9 Å². The molecule has 3 nitrogen and oxygen atoms in total.